The maximum Gasteiger partial charge on any atom is 0.321 e. The number of aliphatic hydroxyl groups is 1. The van der Waals surface area contributed by atoms with Gasteiger partial charge in [0.25, 0.3) is 0 Å². The van der Waals surface area contributed by atoms with Gasteiger partial charge in [-0.3, -0.25) is 4.79 Å². The number of hydrogen-bond acceptors (Lipinski definition) is 3. The molecule has 0 aliphatic rings. The van der Waals surface area contributed by atoms with Crippen molar-refractivity contribution in [2.45, 2.75) is 13.0 Å². The van der Waals surface area contributed by atoms with E-state index in [4.69, 9.17) is 10.2 Å². The number of carbonyl (C=O) groups is 1. The van der Waals surface area contributed by atoms with Crippen molar-refractivity contribution >= 4 is 5.97 Å². The zero-order valence-electron chi connectivity index (χ0n) is 6.16. The van der Waals surface area contributed by atoms with Crippen molar-refractivity contribution in [2.75, 3.05) is 13.7 Å². The SMILES string of the molecule is CN[C@H](C(=O)O)C(C)CO. The number of nitrogens with one attached hydrogen (secondary N) is 1. The van der Waals surface area contributed by atoms with Crippen LogP contribution in [0.4, 0.5) is 0 Å². The molecule has 0 spiro atoms. The molecule has 0 aromatic heterocycles. The molecule has 4 nitrogen and oxygen atoms in total. The van der Waals surface area contributed by atoms with Crippen LogP contribution in [0.25, 0.3) is 0 Å². The van der Waals surface area contributed by atoms with Gasteiger partial charge in [-0.15, -0.1) is 0 Å². The molecule has 0 rings (SSSR count). The fraction of sp³-hybridized carbons (Fsp3) is 0.833. The van der Waals surface area contributed by atoms with Crippen LogP contribution in [-0.4, -0.2) is 35.9 Å². The van der Waals surface area contributed by atoms with Crippen LogP contribution in [0.2, 0.25) is 0 Å². The fourth-order valence-electron chi connectivity index (χ4n) is 0.757. The quantitative estimate of drug-likeness (QED) is 0.491. The number of hydrogen-bond donors (Lipinski definition) is 3. The first-order valence-electron chi connectivity index (χ1n) is 3.14. The standard InChI is InChI=1S/C6H13NO3/c1-4(3-8)5(7-2)6(9)10/h4-5,7-8H,3H2,1-2H3,(H,9,10)/t4?,5-/m0/s1. The molecule has 0 saturated heterocycles. The lowest BCUT2D eigenvalue weighted by Crippen LogP contribution is -2.40. The van der Waals surface area contributed by atoms with Crippen LogP contribution in [0.15, 0.2) is 0 Å². The summed E-state index contributed by atoms with van der Waals surface area (Å²) >= 11 is 0. The maximum absolute atomic E-state index is 10.4. The summed E-state index contributed by atoms with van der Waals surface area (Å²) in [7, 11) is 1.56. The summed E-state index contributed by atoms with van der Waals surface area (Å²) in [6.45, 7) is 1.56. The van der Waals surface area contributed by atoms with E-state index in [1.807, 2.05) is 0 Å². The number of carboxylic acids is 1. The minimum Gasteiger partial charge on any atom is -0.480 e. The molecule has 0 saturated carbocycles. The zero-order chi connectivity index (χ0) is 8.15. The first kappa shape index (κ1) is 9.39. The van der Waals surface area contributed by atoms with E-state index < -0.39 is 12.0 Å². The largest absolute Gasteiger partial charge is 0.480 e. The van der Waals surface area contributed by atoms with Crippen LogP contribution >= 0.6 is 0 Å². The van der Waals surface area contributed by atoms with Crippen molar-refractivity contribution in [1.29, 1.82) is 0 Å². The Morgan fingerprint density at radius 1 is 1.70 bits per heavy atom. The molecule has 1 unspecified atom stereocenters. The Morgan fingerprint density at radius 2 is 2.20 bits per heavy atom. The Labute approximate surface area is 59.9 Å². The lowest BCUT2D eigenvalue weighted by molar-refractivity contribution is -0.141. The highest BCUT2D eigenvalue weighted by Gasteiger charge is 2.21. The third-order valence-electron chi connectivity index (χ3n) is 1.43. The number of aliphatic carboxylic acids is 1. The first-order chi connectivity index (χ1) is 4.63. The smallest absolute Gasteiger partial charge is 0.321 e. The number of aliphatic hydroxyl groups excluding tert-OH is 1. The molecule has 0 aliphatic carbocycles. The van der Waals surface area contributed by atoms with Crippen LogP contribution in [-0.2, 0) is 4.79 Å². The van der Waals surface area contributed by atoms with Crippen LogP contribution in [0.3, 0.4) is 0 Å². The second-order valence-corrected chi connectivity index (χ2v) is 2.26. The van der Waals surface area contributed by atoms with E-state index in [0.717, 1.165) is 0 Å². The Bertz CT molecular complexity index is 116. The van der Waals surface area contributed by atoms with E-state index in [0.29, 0.717) is 0 Å². The third kappa shape index (κ3) is 2.33. The molecule has 0 aromatic rings. The molecule has 0 amide bonds. The minimum atomic E-state index is -0.927. The average Bonchev–Trinajstić information content (AvgIpc) is 1.88. The van der Waals surface area contributed by atoms with Gasteiger partial charge in [0.1, 0.15) is 6.04 Å². The van der Waals surface area contributed by atoms with Gasteiger partial charge >= 0.3 is 5.97 Å². The van der Waals surface area contributed by atoms with Crippen LogP contribution in [0.5, 0.6) is 0 Å². The zero-order valence-corrected chi connectivity index (χ0v) is 6.16. The van der Waals surface area contributed by atoms with Gasteiger partial charge < -0.3 is 15.5 Å². The summed E-state index contributed by atoms with van der Waals surface area (Å²) in [6.07, 6.45) is 0. The van der Waals surface area contributed by atoms with Crippen LogP contribution in [0.1, 0.15) is 6.92 Å². The van der Waals surface area contributed by atoms with Gasteiger partial charge in [-0.1, -0.05) is 6.92 Å². The van der Waals surface area contributed by atoms with Crippen molar-refractivity contribution < 1.29 is 15.0 Å². The highest BCUT2D eigenvalue weighted by atomic mass is 16.4. The summed E-state index contributed by atoms with van der Waals surface area (Å²) in [5.74, 6) is -1.17. The van der Waals surface area contributed by atoms with Crippen molar-refractivity contribution in [3.63, 3.8) is 0 Å². The monoisotopic (exact) mass is 147 g/mol. The van der Waals surface area contributed by atoms with Crippen LogP contribution < -0.4 is 5.32 Å². The maximum atomic E-state index is 10.4. The topological polar surface area (TPSA) is 69.6 Å². The Hall–Kier alpha value is -0.610. The van der Waals surface area contributed by atoms with Gasteiger partial charge in [-0.25, -0.2) is 0 Å². The summed E-state index contributed by atoms with van der Waals surface area (Å²) in [5, 5.41) is 19.7. The molecule has 3 N–H and O–H groups in total. The summed E-state index contributed by atoms with van der Waals surface area (Å²) in [6, 6.07) is -0.648. The minimum absolute atomic E-state index is 0.113. The van der Waals surface area contributed by atoms with Crippen molar-refractivity contribution in [3.05, 3.63) is 0 Å². The number of likely N-dealkylation sites (N-methyl/N-ethyl adjacent to an activating group) is 1. The Kier molecular flexibility index (Phi) is 3.99. The van der Waals surface area contributed by atoms with Crippen molar-refractivity contribution in [2.24, 2.45) is 5.92 Å². The molecule has 0 heterocycles. The normalized spacial score (nSPS) is 16.3. The van der Waals surface area contributed by atoms with Crippen LogP contribution in [0, 0.1) is 5.92 Å². The van der Waals surface area contributed by atoms with E-state index >= 15 is 0 Å². The average molecular weight is 147 g/mol. The van der Waals surface area contributed by atoms with Crippen molar-refractivity contribution in [3.8, 4) is 0 Å². The molecule has 0 aromatic carbocycles. The Balaban J connectivity index is 3.92. The second-order valence-electron chi connectivity index (χ2n) is 2.26. The van der Waals surface area contributed by atoms with Gasteiger partial charge in [0, 0.05) is 12.5 Å². The lowest BCUT2D eigenvalue weighted by atomic mass is 10.0. The van der Waals surface area contributed by atoms with E-state index in [1.54, 1.807) is 14.0 Å². The van der Waals surface area contributed by atoms with E-state index in [-0.39, 0.29) is 12.5 Å². The van der Waals surface area contributed by atoms with E-state index in [1.165, 1.54) is 0 Å². The second kappa shape index (κ2) is 4.24. The first-order valence-corrected chi connectivity index (χ1v) is 3.14. The molecule has 0 radical (unpaired) electrons. The highest BCUT2D eigenvalue weighted by molar-refractivity contribution is 5.73. The highest BCUT2D eigenvalue weighted by Crippen LogP contribution is 2.00. The molecule has 0 fully saturated rings. The summed E-state index contributed by atoms with van der Waals surface area (Å²) in [5.41, 5.74) is 0. The molecular weight excluding hydrogens is 134 g/mol. The number of carboxylic acid groups (broad SMARTS) is 1. The lowest BCUT2D eigenvalue weighted by Gasteiger charge is -2.16. The fourth-order valence-corrected chi connectivity index (χ4v) is 0.757. The summed E-state index contributed by atoms with van der Waals surface area (Å²) < 4.78 is 0. The Morgan fingerprint density at radius 3 is 2.30 bits per heavy atom. The van der Waals surface area contributed by atoms with Gasteiger partial charge in [0.15, 0.2) is 0 Å². The predicted octanol–water partition coefficient (Wildman–Crippen LogP) is -0.713. The molecule has 0 aliphatic heterocycles. The van der Waals surface area contributed by atoms with E-state index in [2.05, 4.69) is 5.32 Å². The molecule has 2 atom stereocenters. The summed E-state index contributed by atoms with van der Waals surface area (Å²) in [4.78, 5) is 10.4. The van der Waals surface area contributed by atoms with E-state index in [9.17, 15) is 4.79 Å². The van der Waals surface area contributed by atoms with Gasteiger partial charge in [-0.2, -0.15) is 0 Å². The third-order valence-corrected chi connectivity index (χ3v) is 1.43. The number of rotatable bonds is 4. The molecule has 0 bridgehead atoms. The molecular formula is C6H13NO3. The molecule has 10 heavy (non-hydrogen) atoms. The molecule has 60 valence electrons. The van der Waals surface area contributed by atoms with Gasteiger partial charge in [0.2, 0.25) is 0 Å². The molecule has 4 heteroatoms. The van der Waals surface area contributed by atoms with Gasteiger partial charge in [0.05, 0.1) is 0 Å². The van der Waals surface area contributed by atoms with Crippen molar-refractivity contribution in [1.82, 2.24) is 5.32 Å². The predicted molar refractivity (Wildman–Crippen MR) is 36.7 cm³/mol. The van der Waals surface area contributed by atoms with Gasteiger partial charge in [-0.05, 0) is 7.05 Å².